The second-order valence-electron chi connectivity index (χ2n) is 18.9. The van der Waals surface area contributed by atoms with Crippen molar-refractivity contribution >= 4 is 92.2 Å². The van der Waals surface area contributed by atoms with E-state index in [-0.39, 0.29) is 17.1 Å². The fourth-order valence-corrected chi connectivity index (χ4v) is 20.1. The van der Waals surface area contributed by atoms with Gasteiger partial charge in [-0.1, -0.05) is 364 Å². The molecule has 0 aliphatic rings. The zero-order chi connectivity index (χ0) is 59.9. The van der Waals surface area contributed by atoms with Gasteiger partial charge in [0.05, 0.1) is 14.9 Å². The SMILES string of the molecule is O=P(c1ccccc1)(c1ccccc1)c1ccccc1.O=P(c1ccccc1)(c1ccccc1)c1ccccc1.O=P(c1ccccc1)(c1ccccc1)c1ccccc1.O=P(c1ccccc1)(c1ccccc1)c1ccccc1.[Fe+3].[O-][Cl+3]([O-])([O-])O. The molecule has 12 rings (SSSR count). The molecule has 12 aromatic carbocycles. The molecule has 0 atom stereocenters. The Morgan fingerprint density at radius 3 is 0.302 bits per heavy atom. The predicted octanol–water partition coefficient (Wildman–Crippen LogP) is 9.18. The monoisotopic (exact) mass is 1270 g/mol. The molecule has 0 fully saturated rings. The second-order valence-corrected chi connectivity index (χ2v) is 30.7. The van der Waals surface area contributed by atoms with Gasteiger partial charge in [-0.25, -0.2) is 0 Å². The average Bonchev–Trinajstić information content (AvgIpc) is 2.53. The predicted molar refractivity (Wildman–Crippen MR) is 346 cm³/mol. The minimum absolute atomic E-state index is 0. The fraction of sp³-hybridized carbons (Fsp3) is 0. The fourth-order valence-electron chi connectivity index (χ4n) is 9.44. The van der Waals surface area contributed by atoms with Gasteiger partial charge in [-0.2, -0.15) is 14.0 Å². The van der Waals surface area contributed by atoms with E-state index in [9.17, 15) is 18.3 Å². The summed E-state index contributed by atoms with van der Waals surface area (Å²) in [5, 5.41) is 10.5. The maximum atomic E-state index is 13.8. The molecule has 0 aliphatic carbocycles. The Labute approximate surface area is 516 Å². The quantitative estimate of drug-likeness (QED) is 0.0938. The van der Waals surface area contributed by atoms with Gasteiger partial charge in [0.1, 0.15) is 0 Å². The Morgan fingerprint density at radius 1 is 0.186 bits per heavy atom. The summed E-state index contributed by atoms with van der Waals surface area (Å²) in [4.78, 5) is 0. The van der Waals surface area contributed by atoms with Crippen molar-refractivity contribution in [2.75, 3.05) is 0 Å². The van der Waals surface area contributed by atoms with Crippen molar-refractivity contribution < 1.29 is 64.2 Å². The molecule has 0 heterocycles. The molecule has 0 unspecified atom stereocenters. The summed E-state index contributed by atoms with van der Waals surface area (Å²) in [6.45, 7) is 0. The van der Waals surface area contributed by atoms with E-state index in [0.29, 0.717) is 0 Å². The summed E-state index contributed by atoms with van der Waals surface area (Å²) in [7, 11) is -15.8. The summed E-state index contributed by atoms with van der Waals surface area (Å²) >= 11 is 0. The van der Waals surface area contributed by atoms with Crippen LogP contribution in [0.25, 0.3) is 0 Å². The maximum absolute atomic E-state index is 13.8. The minimum atomic E-state index is -4.69. The first-order valence-electron chi connectivity index (χ1n) is 27.0. The molecule has 0 bridgehead atoms. The van der Waals surface area contributed by atoms with Gasteiger partial charge in [0, 0.05) is 63.7 Å². The third-order valence-corrected chi connectivity index (χ3v) is 25.7. The molecule has 0 amide bonds. The van der Waals surface area contributed by atoms with E-state index < -0.39 is 38.8 Å². The smallest absolute Gasteiger partial charge is 0.309 e. The standard InChI is InChI=1S/4C18H15OP.ClHO4.Fe/c4*19-20(16-10-4-1-5-11-16,17-12-6-2-7-13-17)18-14-8-3-9-15-18;2-1(3,4)5;/h4*1-15H;(H,2,3,4,5);/q;;;;;+3. The molecule has 0 aromatic heterocycles. The Kier molecular flexibility index (Phi) is 24.5. The van der Waals surface area contributed by atoms with Crippen LogP contribution in [-0.2, 0) is 35.3 Å². The molecule has 0 spiro atoms. The van der Waals surface area contributed by atoms with Crippen LogP contribution in [0.5, 0.6) is 0 Å². The van der Waals surface area contributed by atoms with Gasteiger partial charge in [0.15, 0.2) is 28.6 Å². The molecular weight excluding hydrogens is 1210 g/mol. The zero-order valence-corrected chi connectivity index (χ0v) is 51.9. The third-order valence-electron chi connectivity index (χ3n) is 13.4. The Balaban J connectivity index is 0.000000159. The number of hydrogen-bond acceptors (Lipinski definition) is 8. The van der Waals surface area contributed by atoms with Crippen LogP contribution in [-0.4, -0.2) is 4.66 Å². The third kappa shape index (κ3) is 16.8. The Morgan fingerprint density at radius 2 is 0.244 bits per heavy atom. The number of hydrogen-bond donors (Lipinski definition) is 1. The normalized spacial score (nSPS) is 11.1. The van der Waals surface area contributed by atoms with Gasteiger partial charge in [0.2, 0.25) is 0 Å². The molecule has 1 radical (unpaired) electrons. The number of rotatable bonds is 12. The van der Waals surface area contributed by atoms with Crippen LogP contribution in [0, 0.1) is 10.2 Å². The first-order chi connectivity index (χ1) is 41.3. The van der Waals surface area contributed by atoms with E-state index in [2.05, 4.69) is 0 Å². The average molecular weight is 1270 g/mol. The van der Waals surface area contributed by atoms with Gasteiger partial charge in [-0.15, -0.1) is 0 Å². The molecule has 86 heavy (non-hydrogen) atoms. The van der Waals surface area contributed by atoms with E-state index >= 15 is 0 Å². The summed E-state index contributed by atoms with van der Waals surface area (Å²) in [5.74, 6) is 0. The molecule has 8 nitrogen and oxygen atoms in total. The van der Waals surface area contributed by atoms with Gasteiger partial charge in [0.25, 0.3) is 0 Å². The second kappa shape index (κ2) is 32.1. The molecule has 429 valence electrons. The van der Waals surface area contributed by atoms with E-state index in [1.807, 2.05) is 364 Å². The van der Waals surface area contributed by atoms with Crippen molar-refractivity contribution in [3.63, 3.8) is 0 Å². The summed E-state index contributed by atoms with van der Waals surface area (Å²) < 4.78 is 88.0. The van der Waals surface area contributed by atoms with Crippen LogP contribution in [0.4, 0.5) is 0 Å². The van der Waals surface area contributed by atoms with Crippen molar-refractivity contribution in [2.24, 2.45) is 0 Å². The van der Waals surface area contributed by atoms with Crippen LogP contribution in [0.15, 0.2) is 364 Å². The van der Waals surface area contributed by atoms with E-state index in [4.69, 9.17) is 18.6 Å². The summed E-state index contributed by atoms with van der Waals surface area (Å²) in [6, 6.07) is 117. The van der Waals surface area contributed by atoms with Crippen LogP contribution < -0.4 is 77.6 Å². The van der Waals surface area contributed by atoms with Crippen LogP contribution in [0.1, 0.15) is 0 Å². The first kappa shape index (κ1) is 65.7. The Hall–Kier alpha value is -7.79. The first-order valence-corrected chi connectivity index (χ1v) is 35.1. The molecule has 0 saturated carbocycles. The largest absolute Gasteiger partial charge is 3.00 e. The van der Waals surface area contributed by atoms with Crippen LogP contribution in [0.2, 0.25) is 0 Å². The van der Waals surface area contributed by atoms with Crippen molar-refractivity contribution in [3.05, 3.63) is 364 Å². The van der Waals surface area contributed by atoms with E-state index in [1.54, 1.807) is 0 Å². The van der Waals surface area contributed by atoms with Gasteiger partial charge >= 0.3 is 17.1 Å². The topological polar surface area (TPSA) is 158 Å². The van der Waals surface area contributed by atoms with Crippen molar-refractivity contribution in [1.29, 1.82) is 0 Å². The van der Waals surface area contributed by atoms with Gasteiger partial charge in [-0.05, 0) is 0 Å². The van der Waals surface area contributed by atoms with E-state index in [1.165, 1.54) is 0 Å². The molecular formula is C72H61ClFeO8P4+3. The maximum Gasteiger partial charge on any atom is 3.00 e. The number of halogens is 1. The number of benzene rings is 12. The molecule has 1 N–H and O–H groups in total. The Bertz CT molecular complexity index is 3130. The molecule has 12 aromatic rings. The zero-order valence-electron chi connectivity index (χ0n) is 46.5. The van der Waals surface area contributed by atoms with E-state index in [0.717, 1.165) is 63.7 Å². The van der Waals surface area contributed by atoms with Gasteiger partial charge < -0.3 is 18.3 Å². The molecule has 0 saturated heterocycles. The minimum Gasteiger partial charge on any atom is -0.309 e. The van der Waals surface area contributed by atoms with Crippen LogP contribution >= 0.6 is 28.6 Å². The summed E-state index contributed by atoms with van der Waals surface area (Å²) in [5.41, 5.74) is 0. The van der Waals surface area contributed by atoms with Crippen molar-refractivity contribution in [1.82, 2.24) is 0 Å². The van der Waals surface area contributed by atoms with Gasteiger partial charge in [-0.3, -0.25) is 0 Å². The van der Waals surface area contributed by atoms with Crippen LogP contribution in [0.3, 0.4) is 0 Å². The summed E-state index contributed by atoms with van der Waals surface area (Å²) in [6.07, 6.45) is 0. The molecule has 0 aliphatic heterocycles. The van der Waals surface area contributed by atoms with Crippen molar-refractivity contribution in [2.45, 2.75) is 0 Å². The molecule has 14 heteroatoms. The van der Waals surface area contributed by atoms with Crippen molar-refractivity contribution in [3.8, 4) is 0 Å².